The van der Waals surface area contributed by atoms with E-state index in [1.54, 1.807) is 20.8 Å². The van der Waals surface area contributed by atoms with Crippen LogP contribution in [-0.4, -0.2) is 31.6 Å². The molecule has 0 saturated heterocycles. The molecule has 1 aliphatic heterocycles. The molecule has 146 valence electrons. The summed E-state index contributed by atoms with van der Waals surface area (Å²) in [6, 6.07) is 0. The van der Waals surface area contributed by atoms with Crippen molar-refractivity contribution < 1.29 is 40.3 Å². The lowest BCUT2D eigenvalue weighted by atomic mass is 10.1. The number of benzene rings is 1. The number of hydrogen-bond acceptors (Lipinski definition) is 6. The molecule has 0 radical (unpaired) electrons. The Balaban J connectivity index is 2.25. The summed E-state index contributed by atoms with van der Waals surface area (Å²) >= 11 is 0. The minimum absolute atomic E-state index is 0.0871. The molecule has 0 aliphatic carbocycles. The van der Waals surface area contributed by atoms with Crippen molar-refractivity contribution >= 4 is 14.9 Å². The van der Waals surface area contributed by atoms with E-state index in [0.29, 0.717) is 6.42 Å². The normalized spacial score (nSPS) is 16.2. The van der Waals surface area contributed by atoms with E-state index < -0.39 is 61.2 Å². The molecule has 11 heteroatoms. The van der Waals surface area contributed by atoms with Gasteiger partial charge in [-0.3, -0.25) is 0 Å². The first-order valence-electron chi connectivity index (χ1n) is 7.59. The summed E-state index contributed by atoms with van der Waals surface area (Å²) in [5.74, 6) is -11.4. The number of ether oxygens (including phenoxy) is 2. The highest BCUT2D eigenvalue weighted by Gasteiger charge is 2.37. The molecule has 1 aromatic carbocycles. The molecule has 0 saturated carbocycles. The molecule has 1 heterocycles. The Hall–Kier alpha value is -2.04. The number of sulfone groups is 1. The van der Waals surface area contributed by atoms with Crippen LogP contribution in [0.3, 0.4) is 0 Å². The van der Waals surface area contributed by atoms with E-state index in [2.05, 4.69) is 14.6 Å². The van der Waals surface area contributed by atoms with Crippen molar-refractivity contribution in [3.63, 3.8) is 0 Å². The van der Waals surface area contributed by atoms with Gasteiger partial charge < -0.3 is 14.3 Å². The molecule has 0 amide bonds. The summed E-state index contributed by atoms with van der Waals surface area (Å²) in [6.45, 7) is 4.62. The molecule has 26 heavy (non-hydrogen) atoms. The second-order valence-electron chi connectivity index (χ2n) is 6.15. The van der Waals surface area contributed by atoms with Crippen LogP contribution in [0.4, 0.5) is 17.6 Å². The lowest BCUT2D eigenvalue weighted by molar-refractivity contribution is 0.0123. The van der Waals surface area contributed by atoms with Crippen LogP contribution in [0.2, 0.25) is 0 Å². The van der Waals surface area contributed by atoms with Crippen LogP contribution in [0.15, 0.2) is 5.16 Å². The Bertz CT molecular complexity index is 810. The molecule has 2 rings (SSSR count). The highest BCUT2D eigenvalue weighted by molar-refractivity contribution is 8.06. The van der Waals surface area contributed by atoms with Gasteiger partial charge in [0.05, 0.1) is 6.61 Å². The fourth-order valence-electron chi connectivity index (χ4n) is 2.02. The molecule has 0 N–H and O–H groups in total. The second kappa shape index (κ2) is 7.29. The standard InChI is InChI=1S/C15H17F4NO5S/c1-4-5-23-13-9(16)11(18)14(12(19)10(13)17)24-7-26(21,22)8-6-15(2,3)25-20-8/h4-7H2,1-3H3. The second-order valence-corrected chi connectivity index (χ2v) is 8.09. The van der Waals surface area contributed by atoms with Crippen LogP contribution in [0.25, 0.3) is 0 Å². The predicted octanol–water partition coefficient (Wildman–Crippen LogP) is 3.30. The minimum atomic E-state index is -4.22. The molecule has 0 bridgehead atoms. The summed E-state index contributed by atoms with van der Waals surface area (Å²) in [6.07, 6.45) is 0.259. The third-order valence-corrected chi connectivity index (χ3v) is 4.69. The molecule has 0 atom stereocenters. The zero-order chi connectivity index (χ0) is 19.7. The number of oxime groups is 1. The lowest BCUT2D eigenvalue weighted by Crippen LogP contribution is -2.26. The van der Waals surface area contributed by atoms with Crippen LogP contribution < -0.4 is 9.47 Å². The highest BCUT2D eigenvalue weighted by atomic mass is 32.2. The van der Waals surface area contributed by atoms with E-state index in [1.165, 1.54) is 0 Å². The Morgan fingerprint density at radius 2 is 1.54 bits per heavy atom. The van der Waals surface area contributed by atoms with Gasteiger partial charge in [0, 0.05) is 6.42 Å². The number of rotatable bonds is 6. The maximum absolute atomic E-state index is 14.0. The van der Waals surface area contributed by atoms with Gasteiger partial charge in [-0.2, -0.15) is 17.6 Å². The van der Waals surface area contributed by atoms with Crippen molar-refractivity contribution in [1.29, 1.82) is 0 Å². The summed E-state index contributed by atoms with van der Waals surface area (Å²) in [5.41, 5.74) is -0.866. The maximum Gasteiger partial charge on any atom is 0.230 e. The number of hydrogen-bond donors (Lipinski definition) is 0. The van der Waals surface area contributed by atoms with Gasteiger partial charge in [0.2, 0.25) is 33.1 Å². The predicted molar refractivity (Wildman–Crippen MR) is 83.7 cm³/mol. The van der Waals surface area contributed by atoms with Crippen molar-refractivity contribution in [1.82, 2.24) is 0 Å². The van der Waals surface area contributed by atoms with Crippen molar-refractivity contribution in [3.8, 4) is 11.5 Å². The summed E-state index contributed by atoms with van der Waals surface area (Å²) in [5, 5.41) is 3.00. The monoisotopic (exact) mass is 399 g/mol. The van der Waals surface area contributed by atoms with Gasteiger partial charge in [-0.15, -0.1) is 0 Å². The average molecular weight is 399 g/mol. The Kier molecular flexibility index (Phi) is 5.69. The molecule has 0 aromatic heterocycles. The SMILES string of the molecule is CCCOc1c(F)c(F)c(OCS(=O)(=O)C2=NOC(C)(C)C2)c(F)c1F. The van der Waals surface area contributed by atoms with Crippen molar-refractivity contribution in [2.24, 2.45) is 5.16 Å². The summed E-state index contributed by atoms with van der Waals surface area (Å²) in [7, 11) is -4.22. The lowest BCUT2D eigenvalue weighted by Gasteiger charge is -2.14. The number of halogens is 4. The van der Waals surface area contributed by atoms with Crippen LogP contribution in [0.1, 0.15) is 33.6 Å². The third-order valence-electron chi connectivity index (χ3n) is 3.32. The molecule has 0 unspecified atom stereocenters. The van der Waals surface area contributed by atoms with Crippen molar-refractivity contribution in [2.45, 2.75) is 39.2 Å². The Labute approximate surface area is 147 Å². The fraction of sp³-hybridized carbons (Fsp3) is 0.533. The smallest absolute Gasteiger partial charge is 0.230 e. The van der Waals surface area contributed by atoms with Gasteiger partial charge in [0.25, 0.3) is 0 Å². The van der Waals surface area contributed by atoms with Gasteiger partial charge in [-0.05, 0) is 20.3 Å². The molecule has 1 aliphatic rings. The zero-order valence-electron chi connectivity index (χ0n) is 14.2. The van der Waals surface area contributed by atoms with E-state index in [1.807, 2.05) is 0 Å². The average Bonchev–Trinajstić information content (AvgIpc) is 2.94. The van der Waals surface area contributed by atoms with Crippen molar-refractivity contribution in [3.05, 3.63) is 23.3 Å². The maximum atomic E-state index is 14.0. The largest absolute Gasteiger partial charge is 0.487 e. The summed E-state index contributed by atoms with van der Waals surface area (Å²) < 4.78 is 89.0. The van der Waals surface area contributed by atoms with Gasteiger partial charge in [-0.1, -0.05) is 12.1 Å². The van der Waals surface area contributed by atoms with Gasteiger partial charge in [0.15, 0.2) is 22.5 Å². The van der Waals surface area contributed by atoms with Gasteiger partial charge >= 0.3 is 0 Å². The topological polar surface area (TPSA) is 74.2 Å². The highest BCUT2D eigenvalue weighted by Crippen LogP contribution is 2.35. The molecule has 1 aromatic rings. The van der Waals surface area contributed by atoms with Crippen LogP contribution in [-0.2, 0) is 14.7 Å². The van der Waals surface area contributed by atoms with E-state index in [4.69, 9.17) is 4.84 Å². The number of nitrogens with zero attached hydrogens (tertiary/aromatic N) is 1. The Morgan fingerprint density at radius 1 is 1.04 bits per heavy atom. The van der Waals surface area contributed by atoms with Gasteiger partial charge in [0.1, 0.15) is 5.60 Å². The molecular formula is C15H17F4NO5S. The minimum Gasteiger partial charge on any atom is -0.487 e. The van der Waals surface area contributed by atoms with E-state index in [-0.39, 0.29) is 13.0 Å². The third kappa shape index (κ3) is 4.02. The zero-order valence-corrected chi connectivity index (χ0v) is 15.1. The van der Waals surface area contributed by atoms with E-state index in [9.17, 15) is 26.0 Å². The fourth-order valence-corrected chi connectivity index (χ4v) is 3.15. The van der Waals surface area contributed by atoms with E-state index >= 15 is 0 Å². The van der Waals surface area contributed by atoms with E-state index in [0.717, 1.165) is 0 Å². The Morgan fingerprint density at radius 3 is 1.96 bits per heavy atom. The molecule has 6 nitrogen and oxygen atoms in total. The first-order valence-corrected chi connectivity index (χ1v) is 9.24. The molecule has 0 fully saturated rings. The van der Waals surface area contributed by atoms with Crippen LogP contribution in [0.5, 0.6) is 11.5 Å². The quantitative estimate of drug-likeness (QED) is 0.542. The van der Waals surface area contributed by atoms with Crippen molar-refractivity contribution in [2.75, 3.05) is 12.5 Å². The summed E-state index contributed by atoms with van der Waals surface area (Å²) in [4.78, 5) is 4.90. The molecular weight excluding hydrogens is 382 g/mol. The first kappa shape index (κ1) is 20.3. The first-order chi connectivity index (χ1) is 12.0. The molecule has 0 spiro atoms. The van der Waals surface area contributed by atoms with Crippen LogP contribution in [0, 0.1) is 23.3 Å². The van der Waals surface area contributed by atoms with Gasteiger partial charge in [-0.25, -0.2) is 8.42 Å². The van der Waals surface area contributed by atoms with Crippen LogP contribution >= 0.6 is 0 Å².